The Kier molecular flexibility index (Phi) is 9.53. The van der Waals surface area contributed by atoms with E-state index in [1.165, 1.54) is 0 Å². The van der Waals surface area contributed by atoms with E-state index < -0.39 is 0 Å². The third-order valence-electron chi connectivity index (χ3n) is 5.92. The highest BCUT2D eigenvalue weighted by atomic mass is 35.5. The first-order chi connectivity index (χ1) is 16.1. The average molecular weight is 506 g/mol. The molecule has 0 radical (unpaired) electrons. The van der Waals surface area contributed by atoms with Crippen LogP contribution in [0.4, 0.5) is 5.13 Å². The van der Waals surface area contributed by atoms with E-state index in [-0.39, 0.29) is 18.3 Å². The van der Waals surface area contributed by atoms with Gasteiger partial charge in [0.25, 0.3) is 0 Å². The molecule has 2 heterocycles. The number of nitrogens with zero attached hydrogens (tertiary/aromatic N) is 3. The molecule has 0 aliphatic carbocycles. The van der Waals surface area contributed by atoms with Crippen molar-refractivity contribution in [2.24, 2.45) is 0 Å². The van der Waals surface area contributed by atoms with Gasteiger partial charge in [0.15, 0.2) is 5.13 Å². The Bertz CT molecular complexity index is 1080. The van der Waals surface area contributed by atoms with E-state index in [2.05, 4.69) is 11.8 Å². The maximum Gasteiger partial charge on any atom is 0.233 e. The molecule has 1 amide bonds. The number of hydrogen-bond acceptors (Lipinski definition) is 7. The number of fused-ring (bicyclic) bond motifs is 1. The van der Waals surface area contributed by atoms with E-state index in [1.807, 2.05) is 41.3 Å². The van der Waals surface area contributed by atoms with Gasteiger partial charge in [0.1, 0.15) is 17.0 Å². The normalized spacial score (nSPS) is 14.0. The van der Waals surface area contributed by atoms with Crippen LogP contribution < -0.4 is 14.4 Å². The Morgan fingerprint density at radius 1 is 1.12 bits per heavy atom. The van der Waals surface area contributed by atoms with Crippen molar-refractivity contribution in [3.8, 4) is 11.5 Å². The van der Waals surface area contributed by atoms with Crippen molar-refractivity contribution in [2.75, 3.05) is 58.5 Å². The lowest BCUT2D eigenvalue weighted by Gasteiger charge is -2.27. The summed E-state index contributed by atoms with van der Waals surface area (Å²) in [5, 5.41) is 0.720. The van der Waals surface area contributed by atoms with Gasteiger partial charge >= 0.3 is 0 Å². The van der Waals surface area contributed by atoms with Crippen LogP contribution in [0.15, 0.2) is 36.4 Å². The van der Waals surface area contributed by atoms with E-state index in [0.717, 1.165) is 77.2 Å². The fraction of sp³-hybridized carbons (Fsp3) is 0.440. The molecule has 1 aliphatic rings. The predicted molar refractivity (Wildman–Crippen MR) is 139 cm³/mol. The van der Waals surface area contributed by atoms with Crippen LogP contribution in [0.3, 0.4) is 0 Å². The molecule has 0 bridgehead atoms. The monoisotopic (exact) mass is 505 g/mol. The molecule has 34 heavy (non-hydrogen) atoms. The zero-order valence-corrected chi connectivity index (χ0v) is 21.5. The number of rotatable bonds is 9. The van der Waals surface area contributed by atoms with Gasteiger partial charge in [-0.1, -0.05) is 29.5 Å². The van der Waals surface area contributed by atoms with Crippen molar-refractivity contribution < 1.29 is 19.0 Å². The maximum atomic E-state index is 13.5. The molecule has 1 aliphatic heterocycles. The lowest BCUT2D eigenvalue weighted by atomic mass is 10.1. The van der Waals surface area contributed by atoms with Crippen molar-refractivity contribution in [1.82, 2.24) is 9.88 Å². The summed E-state index contributed by atoms with van der Waals surface area (Å²) in [6, 6.07) is 11.6. The number of aromatic nitrogens is 1. The number of carbonyl (C=O) groups excluding carboxylic acids is 1. The van der Waals surface area contributed by atoms with Crippen molar-refractivity contribution in [1.29, 1.82) is 0 Å². The Morgan fingerprint density at radius 2 is 1.85 bits per heavy atom. The molecule has 1 aromatic heterocycles. The second kappa shape index (κ2) is 12.4. The summed E-state index contributed by atoms with van der Waals surface area (Å²) in [7, 11) is 3.29. The smallest absolute Gasteiger partial charge is 0.233 e. The average Bonchev–Trinajstić information content (AvgIpc) is 3.29. The number of anilines is 1. The molecule has 3 aromatic rings. The second-order valence-electron chi connectivity index (χ2n) is 8.14. The first-order valence-corrected chi connectivity index (χ1v) is 12.1. The molecule has 184 valence electrons. The molecule has 0 spiro atoms. The van der Waals surface area contributed by atoms with Gasteiger partial charge < -0.3 is 14.2 Å². The van der Waals surface area contributed by atoms with Gasteiger partial charge in [-0.2, -0.15) is 0 Å². The third-order valence-corrected chi connectivity index (χ3v) is 7.13. The molecule has 0 atom stereocenters. The fourth-order valence-corrected chi connectivity index (χ4v) is 5.09. The van der Waals surface area contributed by atoms with Crippen LogP contribution in [0.1, 0.15) is 17.5 Å². The Morgan fingerprint density at radius 3 is 2.53 bits per heavy atom. The van der Waals surface area contributed by atoms with Crippen LogP contribution in [-0.4, -0.2) is 69.4 Å². The van der Waals surface area contributed by atoms with Gasteiger partial charge in [0.05, 0.1) is 38.6 Å². The minimum Gasteiger partial charge on any atom is -0.497 e. The molecule has 0 unspecified atom stereocenters. The van der Waals surface area contributed by atoms with E-state index in [1.54, 1.807) is 25.6 Å². The number of halogens is 1. The molecular formula is C25H32ClN3O4S. The summed E-state index contributed by atoms with van der Waals surface area (Å²) >= 11 is 1.55. The topological polar surface area (TPSA) is 64.1 Å². The van der Waals surface area contributed by atoms with Crippen LogP contribution in [0, 0.1) is 6.92 Å². The summed E-state index contributed by atoms with van der Waals surface area (Å²) in [4.78, 5) is 22.5. The minimum atomic E-state index is 0. The summed E-state index contributed by atoms with van der Waals surface area (Å²) in [6.07, 6.45) is 1.19. The lowest BCUT2D eigenvalue weighted by molar-refractivity contribution is -0.118. The molecule has 0 saturated carbocycles. The number of aryl methyl sites for hydroxylation is 1. The Balaban J connectivity index is 0.00000324. The number of amides is 1. The molecule has 1 saturated heterocycles. The van der Waals surface area contributed by atoms with Crippen LogP contribution in [0.2, 0.25) is 0 Å². The molecule has 7 nitrogen and oxygen atoms in total. The van der Waals surface area contributed by atoms with Crippen molar-refractivity contribution >= 4 is 45.0 Å². The molecule has 4 rings (SSSR count). The summed E-state index contributed by atoms with van der Waals surface area (Å²) in [5.74, 6) is 1.55. The fourth-order valence-electron chi connectivity index (χ4n) is 4.00. The largest absolute Gasteiger partial charge is 0.497 e. The van der Waals surface area contributed by atoms with E-state index in [0.29, 0.717) is 13.0 Å². The summed E-state index contributed by atoms with van der Waals surface area (Å²) in [5.41, 5.74) is 2.90. The molecule has 2 aromatic carbocycles. The quantitative estimate of drug-likeness (QED) is 0.431. The van der Waals surface area contributed by atoms with Gasteiger partial charge in [-0.05, 0) is 42.7 Å². The summed E-state index contributed by atoms with van der Waals surface area (Å²) in [6.45, 7) is 7.05. The minimum absolute atomic E-state index is 0. The molecule has 1 fully saturated rings. The zero-order valence-electron chi connectivity index (χ0n) is 19.9. The standard InChI is InChI=1S/C25H31N3O4S.ClH/c1-18-5-10-21(31-3)23-24(18)33-25(26-23)28(12-4-11-27-13-15-32-16-14-27)22(29)17-19-6-8-20(30-2)9-7-19;/h5-10H,4,11-17H2,1-3H3;1H. The molecular weight excluding hydrogens is 474 g/mol. The number of carbonyl (C=O) groups is 1. The molecule has 9 heteroatoms. The number of benzene rings is 2. The zero-order chi connectivity index (χ0) is 23.2. The van der Waals surface area contributed by atoms with Crippen LogP contribution >= 0.6 is 23.7 Å². The number of ether oxygens (including phenoxy) is 3. The highest BCUT2D eigenvalue weighted by Crippen LogP contribution is 2.36. The van der Waals surface area contributed by atoms with Gasteiger partial charge in [0, 0.05) is 26.2 Å². The van der Waals surface area contributed by atoms with E-state index in [9.17, 15) is 4.79 Å². The number of methoxy groups -OCH3 is 2. The Labute approximate surface area is 211 Å². The third kappa shape index (κ3) is 6.18. The first-order valence-electron chi connectivity index (χ1n) is 11.3. The summed E-state index contributed by atoms with van der Waals surface area (Å²) < 4.78 is 17.3. The number of morpholine rings is 1. The highest BCUT2D eigenvalue weighted by molar-refractivity contribution is 7.22. The highest BCUT2D eigenvalue weighted by Gasteiger charge is 2.22. The van der Waals surface area contributed by atoms with Gasteiger partial charge in [-0.25, -0.2) is 4.98 Å². The van der Waals surface area contributed by atoms with Crippen molar-refractivity contribution in [3.05, 3.63) is 47.5 Å². The Hall–Kier alpha value is -2.39. The van der Waals surface area contributed by atoms with Gasteiger partial charge in [0.2, 0.25) is 5.91 Å². The van der Waals surface area contributed by atoms with Crippen LogP contribution in [0.25, 0.3) is 10.2 Å². The van der Waals surface area contributed by atoms with Crippen molar-refractivity contribution in [3.63, 3.8) is 0 Å². The van der Waals surface area contributed by atoms with Crippen LogP contribution in [-0.2, 0) is 16.0 Å². The van der Waals surface area contributed by atoms with E-state index >= 15 is 0 Å². The van der Waals surface area contributed by atoms with Gasteiger partial charge in [-0.3, -0.25) is 14.6 Å². The molecule has 0 N–H and O–H groups in total. The van der Waals surface area contributed by atoms with E-state index in [4.69, 9.17) is 19.2 Å². The predicted octanol–water partition coefficient (Wildman–Crippen LogP) is 4.34. The lowest BCUT2D eigenvalue weighted by Crippen LogP contribution is -2.39. The number of thiazole rings is 1. The van der Waals surface area contributed by atoms with Crippen LogP contribution in [0.5, 0.6) is 11.5 Å². The maximum absolute atomic E-state index is 13.5. The van der Waals surface area contributed by atoms with Crippen molar-refractivity contribution in [2.45, 2.75) is 19.8 Å². The SMILES string of the molecule is COc1ccc(CC(=O)N(CCCN2CCOCC2)c2nc3c(OC)ccc(C)c3s2)cc1.Cl. The second-order valence-corrected chi connectivity index (χ2v) is 9.11. The first kappa shape index (κ1) is 26.2. The van der Waals surface area contributed by atoms with Gasteiger partial charge in [-0.15, -0.1) is 12.4 Å². The number of hydrogen-bond donors (Lipinski definition) is 0.